The van der Waals surface area contributed by atoms with Crippen LogP contribution in [0.25, 0.3) is 0 Å². The highest BCUT2D eigenvalue weighted by Gasteiger charge is 2.06. The number of carbonyl (C=O) groups excluding carboxylic acids is 1. The third-order valence-corrected chi connectivity index (χ3v) is 3.26. The van der Waals surface area contributed by atoms with E-state index < -0.39 is 0 Å². The van der Waals surface area contributed by atoms with Gasteiger partial charge in [0.1, 0.15) is 5.82 Å². The highest BCUT2D eigenvalue weighted by Crippen LogP contribution is 2.03. The van der Waals surface area contributed by atoms with Gasteiger partial charge in [-0.2, -0.15) is 11.8 Å². The number of nitrogens with zero attached hydrogens (tertiary/aromatic N) is 2. The summed E-state index contributed by atoms with van der Waals surface area (Å²) >= 11 is 1.86. The van der Waals surface area contributed by atoms with Crippen molar-refractivity contribution >= 4 is 23.5 Å². The van der Waals surface area contributed by atoms with E-state index in [4.69, 9.17) is 0 Å². The molecular formula is C13H22N4OS. The highest BCUT2D eigenvalue weighted by molar-refractivity contribution is 7.98. The minimum absolute atomic E-state index is 0.152. The van der Waals surface area contributed by atoms with Crippen molar-refractivity contribution in [1.82, 2.24) is 15.5 Å². The molecule has 0 atom stereocenters. The summed E-state index contributed by atoms with van der Waals surface area (Å²) in [6.07, 6.45) is 5.47. The van der Waals surface area contributed by atoms with Crippen LogP contribution in [0.3, 0.4) is 0 Å². The second kappa shape index (κ2) is 9.61. The molecule has 1 aromatic rings. The molecule has 0 aliphatic heterocycles. The first-order valence-electron chi connectivity index (χ1n) is 6.62. The average Bonchev–Trinajstić information content (AvgIpc) is 2.43. The van der Waals surface area contributed by atoms with Crippen molar-refractivity contribution in [3.05, 3.63) is 17.8 Å². The predicted molar refractivity (Wildman–Crippen MR) is 80.8 cm³/mol. The predicted octanol–water partition coefficient (Wildman–Crippen LogP) is 2.17. The Labute approximate surface area is 119 Å². The summed E-state index contributed by atoms with van der Waals surface area (Å²) in [6, 6.07) is 3.46. The van der Waals surface area contributed by atoms with Crippen LogP contribution in [-0.2, 0) is 0 Å². The molecule has 106 valence electrons. The van der Waals surface area contributed by atoms with Crippen molar-refractivity contribution in [2.45, 2.75) is 26.2 Å². The lowest BCUT2D eigenvalue weighted by Crippen LogP contribution is -2.25. The van der Waals surface area contributed by atoms with Gasteiger partial charge in [0, 0.05) is 13.1 Å². The van der Waals surface area contributed by atoms with Crippen molar-refractivity contribution in [2.24, 2.45) is 0 Å². The Kier molecular flexibility index (Phi) is 7.97. The fraction of sp³-hybridized carbons (Fsp3) is 0.615. The van der Waals surface area contributed by atoms with Crippen LogP contribution in [0.1, 0.15) is 36.7 Å². The first-order chi connectivity index (χ1) is 9.27. The number of aromatic nitrogens is 2. The Morgan fingerprint density at radius 3 is 2.74 bits per heavy atom. The van der Waals surface area contributed by atoms with Gasteiger partial charge in [0.15, 0.2) is 5.69 Å². The maximum Gasteiger partial charge on any atom is 0.271 e. The fourth-order valence-corrected chi connectivity index (χ4v) is 2.06. The van der Waals surface area contributed by atoms with Gasteiger partial charge in [-0.25, -0.2) is 0 Å². The number of hydrogen-bond acceptors (Lipinski definition) is 5. The Hall–Kier alpha value is -1.30. The van der Waals surface area contributed by atoms with Crippen LogP contribution < -0.4 is 10.6 Å². The number of thioether (sulfide) groups is 1. The highest BCUT2D eigenvalue weighted by atomic mass is 32.2. The Morgan fingerprint density at radius 1 is 1.26 bits per heavy atom. The second-order valence-electron chi connectivity index (χ2n) is 4.14. The zero-order valence-corrected chi connectivity index (χ0v) is 12.4. The van der Waals surface area contributed by atoms with E-state index in [2.05, 4.69) is 27.1 Å². The third-order valence-electron chi connectivity index (χ3n) is 2.57. The van der Waals surface area contributed by atoms with Crippen LogP contribution in [0.2, 0.25) is 0 Å². The van der Waals surface area contributed by atoms with E-state index in [1.807, 2.05) is 18.7 Å². The second-order valence-corrected chi connectivity index (χ2v) is 5.13. The van der Waals surface area contributed by atoms with Crippen molar-refractivity contribution in [3.8, 4) is 0 Å². The molecule has 2 N–H and O–H groups in total. The summed E-state index contributed by atoms with van der Waals surface area (Å²) in [7, 11) is 0. The fourth-order valence-electron chi connectivity index (χ4n) is 1.57. The number of amides is 1. The van der Waals surface area contributed by atoms with E-state index in [9.17, 15) is 4.79 Å². The minimum Gasteiger partial charge on any atom is -0.369 e. The molecule has 0 fully saturated rings. The van der Waals surface area contributed by atoms with E-state index in [0.717, 1.165) is 19.4 Å². The normalized spacial score (nSPS) is 10.2. The molecule has 19 heavy (non-hydrogen) atoms. The van der Waals surface area contributed by atoms with Gasteiger partial charge in [-0.3, -0.25) is 4.79 Å². The third kappa shape index (κ3) is 6.42. The zero-order valence-electron chi connectivity index (χ0n) is 11.6. The number of nitrogens with one attached hydrogen (secondary N) is 2. The smallest absolute Gasteiger partial charge is 0.271 e. The van der Waals surface area contributed by atoms with Crippen molar-refractivity contribution in [3.63, 3.8) is 0 Å². The maximum absolute atomic E-state index is 11.8. The van der Waals surface area contributed by atoms with Gasteiger partial charge in [-0.05, 0) is 43.9 Å². The Bertz CT molecular complexity index is 369. The van der Waals surface area contributed by atoms with E-state index in [1.165, 1.54) is 12.2 Å². The van der Waals surface area contributed by atoms with Crippen LogP contribution in [-0.4, -0.2) is 41.2 Å². The topological polar surface area (TPSA) is 66.9 Å². The van der Waals surface area contributed by atoms with Crippen LogP contribution >= 0.6 is 11.8 Å². The molecule has 0 saturated carbocycles. The number of rotatable bonds is 9. The largest absolute Gasteiger partial charge is 0.369 e. The first-order valence-corrected chi connectivity index (χ1v) is 8.02. The van der Waals surface area contributed by atoms with Gasteiger partial charge >= 0.3 is 0 Å². The summed E-state index contributed by atoms with van der Waals surface area (Å²) in [4.78, 5) is 11.8. The molecule has 0 radical (unpaired) electrons. The first kappa shape index (κ1) is 15.8. The summed E-state index contributed by atoms with van der Waals surface area (Å²) in [5, 5.41) is 13.7. The SMILES string of the molecule is CCNc1ccc(C(=O)NCCCCCSC)nn1. The van der Waals surface area contributed by atoms with Gasteiger partial charge in [0.05, 0.1) is 0 Å². The molecule has 0 bridgehead atoms. The molecule has 6 heteroatoms. The Balaban J connectivity index is 2.25. The lowest BCUT2D eigenvalue weighted by molar-refractivity contribution is 0.0947. The van der Waals surface area contributed by atoms with E-state index in [1.54, 1.807) is 12.1 Å². The minimum atomic E-state index is -0.152. The lowest BCUT2D eigenvalue weighted by atomic mass is 10.2. The van der Waals surface area contributed by atoms with Gasteiger partial charge < -0.3 is 10.6 Å². The Morgan fingerprint density at radius 2 is 2.11 bits per heavy atom. The number of carbonyl (C=O) groups is 1. The quantitative estimate of drug-likeness (QED) is 0.680. The average molecular weight is 282 g/mol. The van der Waals surface area contributed by atoms with Crippen LogP contribution in [0.15, 0.2) is 12.1 Å². The maximum atomic E-state index is 11.8. The zero-order chi connectivity index (χ0) is 13.9. The molecular weight excluding hydrogens is 260 g/mol. The molecule has 1 amide bonds. The summed E-state index contributed by atoms with van der Waals surface area (Å²) in [5.74, 6) is 1.72. The number of hydrogen-bond donors (Lipinski definition) is 2. The molecule has 1 heterocycles. The van der Waals surface area contributed by atoms with Crippen LogP contribution in [0, 0.1) is 0 Å². The van der Waals surface area contributed by atoms with E-state index >= 15 is 0 Å². The van der Waals surface area contributed by atoms with Gasteiger partial charge in [-0.15, -0.1) is 10.2 Å². The summed E-state index contributed by atoms with van der Waals surface area (Å²) in [5.41, 5.74) is 0.366. The molecule has 0 aliphatic rings. The molecule has 0 spiro atoms. The van der Waals surface area contributed by atoms with Crippen LogP contribution in [0.4, 0.5) is 5.82 Å². The van der Waals surface area contributed by atoms with E-state index in [0.29, 0.717) is 18.1 Å². The van der Waals surface area contributed by atoms with E-state index in [-0.39, 0.29) is 5.91 Å². The van der Waals surface area contributed by atoms with Gasteiger partial charge in [0.25, 0.3) is 5.91 Å². The molecule has 0 saturated heterocycles. The molecule has 0 aromatic carbocycles. The number of unbranched alkanes of at least 4 members (excludes halogenated alkanes) is 2. The molecule has 0 unspecified atom stereocenters. The monoisotopic (exact) mass is 282 g/mol. The van der Waals surface area contributed by atoms with Crippen molar-refractivity contribution in [2.75, 3.05) is 30.4 Å². The van der Waals surface area contributed by atoms with Gasteiger partial charge in [0.2, 0.25) is 0 Å². The number of anilines is 1. The summed E-state index contributed by atoms with van der Waals surface area (Å²) < 4.78 is 0. The van der Waals surface area contributed by atoms with Gasteiger partial charge in [-0.1, -0.05) is 6.42 Å². The lowest BCUT2D eigenvalue weighted by Gasteiger charge is -2.05. The molecule has 0 aliphatic carbocycles. The van der Waals surface area contributed by atoms with Crippen molar-refractivity contribution < 1.29 is 4.79 Å². The summed E-state index contributed by atoms with van der Waals surface area (Å²) in [6.45, 7) is 3.47. The van der Waals surface area contributed by atoms with Crippen LogP contribution in [0.5, 0.6) is 0 Å². The standard InChI is InChI=1S/C13H22N4OS/c1-3-14-12-8-7-11(16-17-12)13(18)15-9-5-4-6-10-19-2/h7-8H,3-6,9-10H2,1-2H3,(H,14,17)(H,15,18). The molecule has 5 nitrogen and oxygen atoms in total. The molecule has 1 rings (SSSR count). The van der Waals surface area contributed by atoms with Crippen molar-refractivity contribution in [1.29, 1.82) is 0 Å². The molecule has 1 aromatic heterocycles.